The highest BCUT2D eigenvalue weighted by Crippen LogP contribution is 2.45. The van der Waals surface area contributed by atoms with E-state index in [4.69, 9.17) is 5.11 Å². The summed E-state index contributed by atoms with van der Waals surface area (Å²) in [6.45, 7) is 2.06. The van der Waals surface area contributed by atoms with E-state index in [0.29, 0.717) is 18.5 Å². The highest BCUT2D eigenvalue weighted by atomic mass is 79.9. The van der Waals surface area contributed by atoms with Crippen LogP contribution >= 0.6 is 15.9 Å². The molecule has 0 radical (unpaired) electrons. The van der Waals surface area contributed by atoms with Gasteiger partial charge in [-0.25, -0.2) is 4.79 Å². The second-order valence-electron chi connectivity index (χ2n) is 4.85. The molecule has 6 heteroatoms. The van der Waals surface area contributed by atoms with E-state index in [1.165, 1.54) is 0 Å². The van der Waals surface area contributed by atoms with Gasteiger partial charge >= 0.3 is 12.0 Å². The summed E-state index contributed by atoms with van der Waals surface area (Å²) in [5.41, 5.74) is 0.899. The summed E-state index contributed by atoms with van der Waals surface area (Å²) in [4.78, 5) is 22.7. The van der Waals surface area contributed by atoms with Crippen LogP contribution in [0, 0.1) is 12.3 Å². The van der Waals surface area contributed by atoms with Crippen LogP contribution in [0.5, 0.6) is 0 Å². The maximum absolute atomic E-state index is 11.7. The van der Waals surface area contributed by atoms with Gasteiger partial charge in [0.15, 0.2) is 0 Å². The number of carboxylic acids is 1. The quantitative estimate of drug-likeness (QED) is 0.796. The Labute approximate surface area is 119 Å². The monoisotopic (exact) mass is 326 g/mol. The molecule has 1 fully saturated rings. The third-order valence-corrected chi connectivity index (χ3v) is 3.82. The molecule has 1 aromatic rings. The van der Waals surface area contributed by atoms with Crippen molar-refractivity contribution in [1.29, 1.82) is 0 Å². The molecule has 1 aromatic carbocycles. The number of carbonyl (C=O) groups excluding carboxylic acids is 1. The van der Waals surface area contributed by atoms with Gasteiger partial charge in [-0.3, -0.25) is 4.79 Å². The van der Waals surface area contributed by atoms with Crippen LogP contribution in [0.15, 0.2) is 22.7 Å². The predicted octanol–water partition coefficient (Wildman–Crippen LogP) is 2.74. The minimum absolute atomic E-state index is 0.170. The molecule has 1 saturated carbocycles. The molecule has 2 rings (SSSR count). The summed E-state index contributed by atoms with van der Waals surface area (Å²) in [7, 11) is 0. The van der Waals surface area contributed by atoms with Crippen molar-refractivity contribution >= 4 is 33.6 Å². The van der Waals surface area contributed by atoms with Crippen LogP contribution in [0.3, 0.4) is 0 Å². The Morgan fingerprint density at radius 1 is 1.42 bits per heavy atom. The lowest BCUT2D eigenvalue weighted by Gasteiger charge is -2.13. The number of carbonyl (C=O) groups is 2. The minimum atomic E-state index is -0.840. The van der Waals surface area contributed by atoms with E-state index in [0.717, 1.165) is 10.0 Å². The second kappa shape index (κ2) is 5.21. The Balaban J connectivity index is 1.89. The predicted molar refractivity (Wildman–Crippen MR) is 75.2 cm³/mol. The summed E-state index contributed by atoms with van der Waals surface area (Å²) < 4.78 is 0.943. The Bertz CT molecular complexity index is 527. The number of aryl methyl sites for hydroxylation is 1. The molecule has 5 nitrogen and oxygen atoms in total. The van der Waals surface area contributed by atoms with Crippen molar-refractivity contribution in [3.63, 3.8) is 0 Å². The summed E-state index contributed by atoms with van der Waals surface area (Å²) in [6, 6.07) is 5.15. The maximum atomic E-state index is 11.7. The van der Waals surface area contributed by atoms with Crippen LogP contribution in [0.1, 0.15) is 18.4 Å². The SMILES string of the molecule is Cc1cc(Br)ccc1NC(=O)NCC1(C(=O)O)CC1. The molecule has 3 N–H and O–H groups in total. The number of amides is 2. The van der Waals surface area contributed by atoms with Crippen molar-refractivity contribution in [3.8, 4) is 0 Å². The van der Waals surface area contributed by atoms with Crippen molar-refractivity contribution < 1.29 is 14.7 Å². The summed E-state index contributed by atoms with van der Waals surface area (Å²) in [6.07, 6.45) is 1.25. The van der Waals surface area contributed by atoms with Gasteiger partial charge in [0.2, 0.25) is 0 Å². The molecule has 0 spiro atoms. The van der Waals surface area contributed by atoms with E-state index >= 15 is 0 Å². The molecule has 0 heterocycles. The number of halogens is 1. The molecule has 0 bridgehead atoms. The van der Waals surface area contributed by atoms with Gasteiger partial charge in [0.25, 0.3) is 0 Å². The average Bonchev–Trinajstić information content (AvgIpc) is 3.11. The van der Waals surface area contributed by atoms with Crippen LogP contribution in [0.4, 0.5) is 10.5 Å². The second-order valence-corrected chi connectivity index (χ2v) is 5.77. The molecule has 0 unspecified atom stereocenters. The normalized spacial score (nSPS) is 15.7. The fourth-order valence-electron chi connectivity index (χ4n) is 1.80. The number of anilines is 1. The number of urea groups is 1. The molecule has 0 atom stereocenters. The van der Waals surface area contributed by atoms with Crippen LogP contribution < -0.4 is 10.6 Å². The minimum Gasteiger partial charge on any atom is -0.481 e. The number of hydrogen-bond donors (Lipinski definition) is 3. The molecule has 0 aliphatic heterocycles. The Kier molecular flexibility index (Phi) is 3.80. The molecule has 0 saturated heterocycles. The van der Waals surface area contributed by atoms with E-state index in [-0.39, 0.29) is 12.6 Å². The number of hydrogen-bond acceptors (Lipinski definition) is 2. The van der Waals surface area contributed by atoms with Crippen LogP contribution in [-0.2, 0) is 4.79 Å². The van der Waals surface area contributed by atoms with Gasteiger partial charge in [-0.2, -0.15) is 0 Å². The first-order valence-corrected chi connectivity index (χ1v) is 6.77. The molecule has 0 aromatic heterocycles. The fourth-order valence-corrected chi connectivity index (χ4v) is 2.28. The zero-order valence-electron chi connectivity index (χ0n) is 10.5. The average molecular weight is 327 g/mol. The van der Waals surface area contributed by atoms with Gasteiger partial charge in [0.1, 0.15) is 0 Å². The first kappa shape index (κ1) is 13.9. The standard InChI is InChI=1S/C13H15BrN2O3/c1-8-6-9(14)2-3-10(8)16-12(19)15-7-13(4-5-13)11(17)18/h2-3,6H,4-5,7H2,1H3,(H,17,18)(H2,15,16,19). The van der Waals surface area contributed by atoms with Crippen molar-refractivity contribution in [2.45, 2.75) is 19.8 Å². The number of rotatable bonds is 4. The molecular weight excluding hydrogens is 312 g/mol. The zero-order chi connectivity index (χ0) is 14.0. The van der Waals surface area contributed by atoms with E-state index < -0.39 is 11.4 Å². The molecule has 2 amide bonds. The van der Waals surface area contributed by atoms with Gasteiger partial charge < -0.3 is 15.7 Å². The Morgan fingerprint density at radius 2 is 2.11 bits per heavy atom. The number of benzene rings is 1. The van der Waals surface area contributed by atoms with Crippen molar-refractivity contribution in [2.75, 3.05) is 11.9 Å². The number of carboxylic acid groups (broad SMARTS) is 1. The summed E-state index contributed by atoms with van der Waals surface area (Å²) in [5, 5.41) is 14.3. The number of aliphatic carboxylic acids is 1. The lowest BCUT2D eigenvalue weighted by Crippen LogP contribution is -2.36. The van der Waals surface area contributed by atoms with Crippen LogP contribution in [0.25, 0.3) is 0 Å². The van der Waals surface area contributed by atoms with E-state index in [9.17, 15) is 9.59 Å². The Hall–Kier alpha value is -1.56. The van der Waals surface area contributed by atoms with Gasteiger partial charge in [-0.1, -0.05) is 15.9 Å². The van der Waals surface area contributed by atoms with Crippen molar-refractivity contribution in [2.24, 2.45) is 5.41 Å². The van der Waals surface area contributed by atoms with Crippen LogP contribution in [0.2, 0.25) is 0 Å². The van der Waals surface area contributed by atoms with Crippen molar-refractivity contribution in [1.82, 2.24) is 5.32 Å². The third kappa shape index (κ3) is 3.26. The van der Waals surface area contributed by atoms with Gasteiger partial charge in [0, 0.05) is 16.7 Å². The molecular formula is C13H15BrN2O3. The van der Waals surface area contributed by atoms with Gasteiger partial charge in [-0.05, 0) is 43.5 Å². The van der Waals surface area contributed by atoms with E-state index in [2.05, 4.69) is 26.6 Å². The highest BCUT2D eigenvalue weighted by Gasteiger charge is 2.50. The zero-order valence-corrected chi connectivity index (χ0v) is 12.1. The third-order valence-electron chi connectivity index (χ3n) is 3.33. The van der Waals surface area contributed by atoms with Gasteiger partial charge in [0.05, 0.1) is 5.41 Å². The fraction of sp³-hybridized carbons (Fsp3) is 0.385. The topological polar surface area (TPSA) is 78.4 Å². The molecule has 1 aliphatic rings. The summed E-state index contributed by atoms with van der Waals surface area (Å²) in [5.74, 6) is -0.840. The first-order valence-electron chi connectivity index (χ1n) is 5.97. The maximum Gasteiger partial charge on any atom is 0.319 e. The lowest BCUT2D eigenvalue weighted by molar-refractivity contribution is -0.143. The van der Waals surface area contributed by atoms with Crippen molar-refractivity contribution in [3.05, 3.63) is 28.2 Å². The van der Waals surface area contributed by atoms with E-state index in [1.807, 2.05) is 19.1 Å². The number of nitrogens with one attached hydrogen (secondary N) is 2. The largest absolute Gasteiger partial charge is 0.481 e. The lowest BCUT2D eigenvalue weighted by atomic mass is 10.1. The first-order chi connectivity index (χ1) is 8.93. The van der Waals surface area contributed by atoms with E-state index in [1.54, 1.807) is 6.07 Å². The molecule has 102 valence electrons. The van der Waals surface area contributed by atoms with Gasteiger partial charge in [-0.15, -0.1) is 0 Å². The highest BCUT2D eigenvalue weighted by molar-refractivity contribution is 9.10. The molecule has 19 heavy (non-hydrogen) atoms. The molecule has 1 aliphatic carbocycles. The Morgan fingerprint density at radius 3 is 2.63 bits per heavy atom. The smallest absolute Gasteiger partial charge is 0.319 e. The van der Waals surface area contributed by atoms with Crippen LogP contribution in [-0.4, -0.2) is 23.7 Å². The summed E-state index contributed by atoms with van der Waals surface area (Å²) >= 11 is 3.35.